The highest BCUT2D eigenvalue weighted by Crippen LogP contribution is 2.29. The molecular weight excluding hydrogens is 426 g/mol. The van der Waals surface area contributed by atoms with Crippen LogP contribution in [0.15, 0.2) is 53.4 Å². The Morgan fingerprint density at radius 3 is 2.70 bits per heavy atom. The Morgan fingerprint density at radius 2 is 1.93 bits per heavy atom. The molecule has 3 aromatic rings. The van der Waals surface area contributed by atoms with Crippen molar-refractivity contribution < 1.29 is 18.0 Å². The van der Waals surface area contributed by atoms with E-state index in [0.717, 1.165) is 11.3 Å². The van der Waals surface area contributed by atoms with Gasteiger partial charge in [0.25, 0.3) is 5.91 Å². The summed E-state index contributed by atoms with van der Waals surface area (Å²) in [4.78, 5) is 25.6. The number of hydrogen-bond acceptors (Lipinski definition) is 7. The minimum atomic E-state index is -3.82. The lowest BCUT2D eigenvalue weighted by atomic mass is 10.2. The molecular formula is C19H17N5O4S2. The molecule has 1 aliphatic heterocycles. The summed E-state index contributed by atoms with van der Waals surface area (Å²) in [5.41, 5.74) is 2.00. The summed E-state index contributed by atoms with van der Waals surface area (Å²) in [5.74, 6) is -0.497. The quantitative estimate of drug-likeness (QED) is 0.599. The summed E-state index contributed by atoms with van der Waals surface area (Å²) in [7, 11) is -2.16. The second-order valence-corrected chi connectivity index (χ2v) is 9.39. The first-order valence-corrected chi connectivity index (χ1v) is 11.2. The highest BCUT2D eigenvalue weighted by molar-refractivity contribution is 7.89. The summed E-state index contributed by atoms with van der Waals surface area (Å²) in [6, 6.07) is 13.5. The molecule has 4 rings (SSSR count). The topological polar surface area (TPSA) is 121 Å². The van der Waals surface area contributed by atoms with Crippen LogP contribution in [-0.2, 0) is 27.8 Å². The summed E-state index contributed by atoms with van der Waals surface area (Å²) in [6.07, 6.45) is 0.172. The van der Waals surface area contributed by atoms with Gasteiger partial charge in [-0.05, 0) is 35.9 Å². The van der Waals surface area contributed by atoms with E-state index in [-0.39, 0.29) is 28.8 Å². The number of aromatic nitrogens is 2. The van der Waals surface area contributed by atoms with Gasteiger partial charge in [-0.25, -0.2) is 13.1 Å². The molecule has 0 saturated heterocycles. The maximum Gasteiger partial charge on any atom is 0.286 e. The molecule has 154 valence electrons. The highest BCUT2D eigenvalue weighted by atomic mass is 32.2. The molecule has 2 heterocycles. The van der Waals surface area contributed by atoms with E-state index >= 15 is 0 Å². The Hall–Kier alpha value is -3.15. The fraction of sp³-hybridized carbons (Fsp3) is 0.158. The van der Waals surface area contributed by atoms with E-state index in [2.05, 4.69) is 20.2 Å². The lowest BCUT2D eigenvalue weighted by Gasteiger charge is -2.11. The Bertz CT molecular complexity index is 1220. The van der Waals surface area contributed by atoms with E-state index < -0.39 is 15.9 Å². The van der Waals surface area contributed by atoms with E-state index in [0.29, 0.717) is 21.9 Å². The third-order valence-electron chi connectivity index (χ3n) is 4.54. The monoisotopic (exact) mass is 443 g/mol. The van der Waals surface area contributed by atoms with Crippen LogP contribution < -0.4 is 14.9 Å². The molecule has 1 aliphatic rings. The Kier molecular flexibility index (Phi) is 5.33. The third kappa shape index (κ3) is 4.08. The number of rotatable bonds is 6. The summed E-state index contributed by atoms with van der Waals surface area (Å²) < 4.78 is 27.7. The van der Waals surface area contributed by atoms with Gasteiger partial charge in [0.15, 0.2) is 0 Å². The van der Waals surface area contributed by atoms with Gasteiger partial charge < -0.3 is 10.2 Å². The second kappa shape index (κ2) is 7.94. The number of anilines is 2. The van der Waals surface area contributed by atoms with Crippen molar-refractivity contribution in [3.63, 3.8) is 0 Å². The van der Waals surface area contributed by atoms with Gasteiger partial charge >= 0.3 is 0 Å². The molecule has 2 N–H and O–H groups in total. The standard InChI is InChI=1S/C19H17N5O4S2/c1-24-15-8-7-14(9-12(15)10-17(24)25)30(27,28)20-11-16-22-23-19(29-16)18(26)21-13-5-3-2-4-6-13/h2-9,20H,10-11H2,1H3,(H,21,26). The molecule has 0 unspecified atom stereocenters. The van der Waals surface area contributed by atoms with E-state index in [4.69, 9.17) is 0 Å². The predicted molar refractivity (Wildman–Crippen MR) is 112 cm³/mol. The summed E-state index contributed by atoms with van der Waals surface area (Å²) in [6.45, 7) is -0.103. The van der Waals surface area contributed by atoms with Crippen molar-refractivity contribution in [1.29, 1.82) is 0 Å². The van der Waals surface area contributed by atoms with Crippen molar-refractivity contribution in [3.05, 3.63) is 64.1 Å². The van der Waals surface area contributed by atoms with Crippen LogP contribution in [0.4, 0.5) is 11.4 Å². The molecule has 0 atom stereocenters. The molecule has 1 aromatic heterocycles. The van der Waals surface area contributed by atoms with Gasteiger partial charge in [0.05, 0.1) is 17.9 Å². The molecule has 0 saturated carbocycles. The first-order valence-electron chi connectivity index (χ1n) is 8.91. The van der Waals surface area contributed by atoms with Gasteiger partial charge in [-0.15, -0.1) is 10.2 Å². The Labute approximate surface area is 176 Å². The molecule has 0 aliphatic carbocycles. The van der Waals surface area contributed by atoms with Crippen molar-refractivity contribution in [2.75, 3.05) is 17.3 Å². The molecule has 11 heteroatoms. The van der Waals surface area contributed by atoms with Crippen LogP contribution in [0, 0.1) is 0 Å². The van der Waals surface area contributed by atoms with Crippen LogP contribution in [0.5, 0.6) is 0 Å². The van der Waals surface area contributed by atoms with Crippen molar-refractivity contribution >= 4 is 44.5 Å². The minimum absolute atomic E-state index is 0.0657. The molecule has 2 aromatic carbocycles. The SMILES string of the molecule is CN1C(=O)Cc2cc(S(=O)(=O)NCc3nnc(C(=O)Nc4ccccc4)s3)ccc21. The molecule has 30 heavy (non-hydrogen) atoms. The molecule has 9 nitrogen and oxygen atoms in total. The van der Waals surface area contributed by atoms with E-state index in [9.17, 15) is 18.0 Å². The van der Waals surface area contributed by atoms with Crippen LogP contribution in [0.25, 0.3) is 0 Å². The van der Waals surface area contributed by atoms with Crippen LogP contribution in [-0.4, -0.2) is 37.5 Å². The molecule has 0 radical (unpaired) electrons. The van der Waals surface area contributed by atoms with Crippen LogP contribution >= 0.6 is 11.3 Å². The van der Waals surface area contributed by atoms with Gasteiger partial charge in [0.1, 0.15) is 5.01 Å². The number of carbonyl (C=O) groups excluding carboxylic acids is 2. The van der Waals surface area contributed by atoms with Crippen LogP contribution in [0.2, 0.25) is 0 Å². The first kappa shape index (κ1) is 20.1. The predicted octanol–water partition coefficient (Wildman–Crippen LogP) is 1.79. The number of nitrogens with one attached hydrogen (secondary N) is 2. The number of fused-ring (bicyclic) bond motifs is 1. The van der Waals surface area contributed by atoms with Gasteiger partial charge in [0.2, 0.25) is 20.9 Å². The van der Waals surface area contributed by atoms with Gasteiger partial charge in [-0.3, -0.25) is 9.59 Å². The average molecular weight is 444 g/mol. The molecule has 0 bridgehead atoms. The number of carbonyl (C=O) groups is 2. The number of amides is 2. The maximum atomic E-state index is 12.6. The van der Waals surface area contributed by atoms with Gasteiger partial charge in [-0.1, -0.05) is 29.5 Å². The number of benzene rings is 2. The van der Waals surface area contributed by atoms with Crippen LogP contribution in [0.3, 0.4) is 0 Å². The van der Waals surface area contributed by atoms with E-state index in [1.54, 1.807) is 37.4 Å². The number of hydrogen-bond donors (Lipinski definition) is 2. The highest BCUT2D eigenvalue weighted by Gasteiger charge is 2.26. The zero-order valence-corrected chi connectivity index (χ0v) is 17.5. The number of para-hydroxylation sites is 1. The van der Waals surface area contributed by atoms with Gasteiger partial charge in [0, 0.05) is 18.4 Å². The van der Waals surface area contributed by atoms with Crippen molar-refractivity contribution in [1.82, 2.24) is 14.9 Å². The smallest absolute Gasteiger partial charge is 0.286 e. The van der Waals surface area contributed by atoms with E-state index in [1.165, 1.54) is 17.0 Å². The lowest BCUT2D eigenvalue weighted by Crippen LogP contribution is -2.23. The summed E-state index contributed by atoms with van der Waals surface area (Å²) in [5, 5.41) is 10.9. The fourth-order valence-corrected chi connectivity index (χ4v) is 4.78. The Morgan fingerprint density at radius 1 is 1.17 bits per heavy atom. The lowest BCUT2D eigenvalue weighted by molar-refractivity contribution is -0.117. The molecule has 0 spiro atoms. The summed E-state index contributed by atoms with van der Waals surface area (Å²) >= 11 is 1.00. The number of sulfonamides is 1. The average Bonchev–Trinajstić information content (AvgIpc) is 3.32. The molecule has 0 fully saturated rings. The van der Waals surface area contributed by atoms with Crippen molar-refractivity contribution in [2.24, 2.45) is 0 Å². The molecule has 2 amide bonds. The fourth-order valence-electron chi connectivity index (χ4n) is 2.98. The zero-order valence-electron chi connectivity index (χ0n) is 15.8. The largest absolute Gasteiger partial charge is 0.320 e. The third-order valence-corrected chi connectivity index (χ3v) is 6.87. The second-order valence-electron chi connectivity index (χ2n) is 6.57. The maximum absolute atomic E-state index is 12.6. The normalized spacial score (nSPS) is 13.4. The number of nitrogens with zero attached hydrogens (tertiary/aromatic N) is 3. The number of likely N-dealkylation sites (N-methyl/N-ethyl adjacent to an activating group) is 1. The van der Waals surface area contributed by atoms with Crippen LogP contribution in [0.1, 0.15) is 20.4 Å². The van der Waals surface area contributed by atoms with Crippen molar-refractivity contribution in [2.45, 2.75) is 17.9 Å². The Balaban J connectivity index is 1.42. The van der Waals surface area contributed by atoms with Gasteiger partial charge in [-0.2, -0.15) is 0 Å². The van der Waals surface area contributed by atoms with Crippen molar-refractivity contribution in [3.8, 4) is 0 Å². The zero-order chi connectivity index (χ0) is 21.3. The van der Waals surface area contributed by atoms with E-state index in [1.807, 2.05) is 6.07 Å². The first-order chi connectivity index (χ1) is 14.3. The minimum Gasteiger partial charge on any atom is -0.320 e.